The summed E-state index contributed by atoms with van der Waals surface area (Å²) in [6.07, 6.45) is 1.93. The first-order valence-electron chi connectivity index (χ1n) is 7.00. The maximum atomic E-state index is 6.13. The molecule has 0 saturated heterocycles. The van der Waals surface area contributed by atoms with Gasteiger partial charge in [0, 0.05) is 17.3 Å². The lowest BCUT2D eigenvalue weighted by atomic mass is 10.1. The third kappa shape index (κ3) is 5.37. The summed E-state index contributed by atoms with van der Waals surface area (Å²) in [4.78, 5) is 0. The van der Waals surface area contributed by atoms with Gasteiger partial charge >= 0.3 is 0 Å². The highest BCUT2D eigenvalue weighted by Crippen LogP contribution is 2.16. The molecule has 0 aromatic heterocycles. The van der Waals surface area contributed by atoms with Crippen molar-refractivity contribution in [1.29, 1.82) is 0 Å². The zero-order valence-electron chi connectivity index (χ0n) is 12.0. The van der Waals surface area contributed by atoms with Crippen LogP contribution < -0.4 is 10.6 Å². The van der Waals surface area contributed by atoms with Crippen molar-refractivity contribution in [3.8, 4) is 0 Å². The maximum Gasteiger partial charge on any atom is 0.170 e. The van der Waals surface area contributed by atoms with Gasteiger partial charge in [-0.25, -0.2) is 0 Å². The van der Waals surface area contributed by atoms with Crippen LogP contribution in [0.25, 0.3) is 0 Å². The van der Waals surface area contributed by atoms with E-state index in [1.807, 2.05) is 30.3 Å². The zero-order valence-corrected chi connectivity index (χ0v) is 13.6. The van der Waals surface area contributed by atoms with E-state index in [0.29, 0.717) is 5.11 Å². The molecule has 0 aliphatic carbocycles. The molecule has 0 atom stereocenters. The molecule has 0 aliphatic rings. The van der Waals surface area contributed by atoms with Crippen LogP contribution in [-0.4, -0.2) is 11.7 Å². The van der Waals surface area contributed by atoms with Crippen molar-refractivity contribution in [1.82, 2.24) is 5.32 Å². The number of benzene rings is 2. The molecular formula is C17H19ClN2S. The fourth-order valence-corrected chi connectivity index (χ4v) is 2.53. The van der Waals surface area contributed by atoms with E-state index in [-0.39, 0.29) is 0 Å². The Morgan fingerprint density at radius 3 is 2.71 bits per heavy atom. The van der Waals surface area contributed by atoms with E-state index in [1.54, 1.807) is 0 Å². The van der Waals surface area contributed by atoms with Crippen molar-refractivity contribution in [2.24, 2.45) is 0 Å². The van der Waals surface area contributed by atoms with Crippen LogP contribution in [0.2, 0.25) is 5.02 Å². The topological polar surface area (TPSA) is 24.1 Å². The number of thiocarbonyl (C=S) groups is 1. The smallest absolute Gasteiger partial charge is 0.170 e. The molecule has 0 radical (unpaired) electrons. The minimum atomic E-state index is 0.653. The van der Waals surface area contributed by atoms with E-state index >= 15 is 0 Å². The molecule has 110 valence electrons. The lowest BCUT2D eigenvalue weighted by Crippen LogP contribution is -2.29. The molecule has 2 aromatic carbocycles. The number of hydrogen-bond acceptors (Lipinski definition) is 1. The number of nitrogens with one attached hydrogen (secondary N) is 2. The van der Waals surface area contributed by atoms with E-state index < -0.39 is 0 Å². The molecule has 2 nitrogen and oxygen atoms in total. The van der Waals surface area contributed by atoms with E-state index in [9.17, 15) is 0 Å². The first kappa shape index (κ1) is 15.8. The minimum Gasteiger partial charge on any atom is -0.362 e. The summed E-state index contributed by atoms with van der Waals surface area (Å²) in [6, 6.07) is 16.1. The predicted octanol–water partition coefficient (Wildman–Crippen LogP) is 4.57. The quantitative estimate of drug-likeness (QED) is 0.624. The highest BCUT2D eigenvalue weighted by atomic mass is 35.5. The monoisotopic (exact) mass is 318 g/mol. The molecule has 0 saturated carbocycles. The normalized spacial score (nSPS) is 10.2. The van der Waals surface area contributed by atoms with Crippen molar-refractivity contribution in [2.75, 3.05) is 11.9 Å². The lowest BCUT2D eigenvalue weighted by molar-refractivity contribution is 0.777. The first-order valence-corrected chi connectivity index (χ1v) is 7.79. The van der Waals surface area contributed by atoms with Gasteiger partial charge in [-0.3, -0.25) is 0 Å². The third-order valence-corrected chi connectivity index (χ3v) is 3.76. The molecule has 0 spiro atoms. The molecule has 4 heteroatoms. The maximum absolute atomic E-state index is 6.13. The summed E-state index contributed by atoms with van der Waals surface area (Å²) >= 11 is 11.4. The van der Waals surface area contributed by atoms with Crippen LogP contribution in [0.5, 0.6) is 0 Å². The van der Waals surface area contributed by atoms with Crippen molar-refractivity contribution < 1.29 is 0 Å². The summed E-state index contributed by atoms with van der Waals surface area (Å²) in [7, 11) is 0. The molecule has 0 bridgehead atoms. The standard InChI is InChI=1S/C17H19ClN2S/c1-13-6-4-9-15(12-13)20-17(21)19-11-5-8-14-7-2-3-10-16(14)18/h2-4,6-7,9-10,12H,5,8,11H2,1H3,(H2,19,20,21). The van der Waals surface area contributed by atoms with Gasteiger partial charge in [-0.05, 0) is 61.3 Å². The summed E-state index contributed by atoms with van der Waals surface area (Å²) in [5.41, 5.74) is 3.40. The fourth-order valence-electron chi connectivity index (χ4n) is 2.08. The third-order valence-electron chi connectivity index (χ3n) is 3.14. The van der Waals surface area contributed by atoms with E-state index in [4.69, 9.17) is 23.8 Å². The van der Waals surface area contributed by atoms with Crippen LogP contribution in [-0.2, 0) is 6.42 Å². The van der Waals surface area contributed by atoms with Gasteiger partial charge in [0.25, 0.3) is 0 Å². The van der Waals surface area contributed by atoms with Gasteiger partial charge < -0.3 is 10.6 Å². The molecule has 2 rings (SSSR count). The Hall–Kier alpha value is -1.58. The summed E-state index contributed by atoms with van der Waals surface area (Å²) in [6.45, 7) is 2.88. The predicted molar refractivity (Wildman–Crippen MR) is 95.2 cm³/mol. The Kier molecular flexibility index (Phi) is 6.03. The van der Waals surface area contributed by atoms with Crippen LogP contribution in [0.3, 0.4) is 0 Å². The molecule has 0 amide bonds. The Labute approximate surface area is 136 Å². The SMILES string of the molecule is Cc1cccc(NC(=S)NCCCc2ccccc2Cl)c1. The highest BCUT2D eigenvalue weighted by Gasteiger charge is 2.00. The van der Waals surface area contributed by atoms with Gasteiger partial charge in [0.15, 0.2) is 5.11 Å². The molecule has 2 aromatic rings. The van der Waals surface area contributed by atoms with Crippen LogP contribution >= 0.6 is 23.8 Å². The van der Waals surface area contributed by atoms with Crippen LogP contribution in [0.4, 0.5) is 5.69 Å². The second-order valence-electron chi connectivity index (χ2n) is 4.95. The van der Waals surface area contributed by atoms with E-state index in [1.165, 1.54) is 11.1 Å². The van der Waals surface area contributed by atoms with Gasteiger partial charge in [0.05, 0.1) is 0 Å². The second-order valence-corrected chi connectivity index (χ2v) is 5.76. The number of anilines is 1. The van der Waals surface area contributed by atoms with Crippen LogP contribution in [0.1, 0.15) is 17.5 Å². The van der Waals surface area contributed by atoms with Gasteiger partial charge in [0.2, 0.25) is 0 Å². The summed E-state index contributed by atoms with van der Waals surface area (Å²) in [5.74, 6) is 0. The molecular weight excluding hydrogens is 300 g/mol. The van der Waals surface area contributed by atoms with Crippen LogP contribution in [0.15, 0.2) is 48.5 Å². The average molecular weight is 319 g/mol. The molecule has 2 N–H and O–H groups in total. The fraction of sp³-hybridized carbons (Fsp3) is 0.235. The average Bonchev–Trinajstić information content (AvgIpc) is 2.45. The molecule has 0 heterocycles. The molecule has 21 heavy (non-hydrogen) atoms. The van der Waals surface area contributed by atoms with Gasteiger partial charge in [0.1, 0.15) is 0 Å². The van der Waals surface area contributed by atoms with Crippen LogP contribution in [0, 0.1) is 6.92 Å². The molecule has 0 fully saturated rings. The highest BCUT2D eigenvalue weighted by molar-refractivity contribution is 7.80. The Morgan fingerprint density at radius 1 is 1.14 bits per heavy atom. The van der Waals surface area contributed by atoms with Crippen molar-refractivity contribution in [3.63, 3.8) is 0 Å². The Balaban J connectivity index is 1.71. The largest absolute Gasteiger partial charge is 0.362 e. The van der Waals surface area contributed by atoms with Gasteiger partial charge in [-0.2, -0.15) is 0 Å². The van der Waals surface area contributed by atoms with Gasteiger partial charge in [-0.1, -0.05) is 41.9 Å². The summed E-state index contributed by atoms with van der Waals surface area (Å²) in [5, 5.41) is 7.89. The molecule has 0 aliphatic heterocycles. The minimum absolute atomic E-state index is 0.653. The summed E-state index contributed by atoms with van der Waals surface area (Å²) < 4.78 is 0. The zero-order chi connectivity index (χ0) is 15.1. The Morgan fingerprint density at radius 2 is 1.95 bits per heavy atom. The van der Waals surface area contributed by atoms with Crippen molar-refractivity contribution in [3.05, 3.63) is 64.7 Å². The lowest BCUT2D eigenvalue weighted by Gasteiger charge is -2.11. The number of rotatable bonds is 5. The number of aryl methyl sites for hydroxylation is 2. The number of hydrogen-bond donors (Lipinski definition) is 2. The first-order chi connectivity index (χ1) is 10.1. The van der Waals surface area contributed by atoms with E-state index in [0.717, 1.165) is 30.1 Å². The van der Waals surface area contributed by atoms with Crippen molar-refractivity contribution in [2.45, 2.75) is 19.8 Å². The second kappa shape index (κ2) is 8.01. The van der Waals surface area contributed by atoms with Crippen molar-refractivity contribution >= 4 is 34.6 Å². The Bertz CT molecular complexity index is 613. The van der Waals surface area contributed by atoms with Gasteiger partial charge in [-0.15, -0.1) is 0 Å². The molecule has 0 unspecified atom stereocenters. The number of halogens is 1. The van der Waals surface area contributed by atoms with E-state index in [2.05, 4.69) is 35.8 Å².